The van der Waals surface area contributed by atoms with Gasteiger partial charge in [-0.05, 0) is 83.3 Å². The molecular formula is C21H15IN2O4. The minimum Gasteiger partial charge on any atom is -0.478 e. The van der Waals surface area contributed by atoms with Gasteiger partial charge in [-0.2, -0.15) is 0 Å². The van der Waals surface area contributed by atoms with Crippen molar-refractivity contribution >= 4 is 51.7 Å². The lowest BCUT2D eigenvalue weighted by molar-refractivity contribution is 0.0697. The Balaban J connectivity index is 1.68. The number of nitrogens with one attached hydrogen (secondary N) is 2. The molecule has 0 heterocycles. The van der Waals surface area contributed by atoms with Crippen LogP contribution >= 0.6 is 22.6 Å². The Morgan fingerprint density at radius 3 is 1.86 bits per heavy atom. The molecular weight excluding hydrogens is 471 g/mol. The largest absolute Gasteiger partial charge is 0.478 e. The van der Waals surface area contributed by atoms with Crippen molar-refractivity contribution in [2.24, 2.45) is 0 Å². The fourth-order valence-electron chi connectivity index (χ4n) is 2.48. The lowest BCUT2D eigenvalue weighted by Gasteiger charge is -2.09. The molecule has 28 heavy (non-hydrogen) atoms. The summed E-state index contributed by atoms with van der Waals surface area (Å²) in [7, 11) is 0. The summed E-state index contributed by atoms with van der Waals surface area (Å²) < 4.78 is 1.04. The number of carboxylic acid groups (broad SMARTS) is 1. The molecule has 0 unspecified atom stereocenters. The predicted octanol–water partition coefficient (Wildman–Crippen LogP) is 4.49. The van der Waals surface area contributed by atoms with Crippen molar-refractivity contribution in [1.29, 1.82) is 0 Å². The van der Waals surface area contributed by atoms with Gasteiger partial charge in [-0.15, -0.1) is 0 Å². The van der Waals surface area contributed by atoms with E-state index in [9.17, 15) is 19.5 Å². The lowest BCUT2D eigenvalue weighted by Crippen LogP contribution is -2.15. The molecule has 140 valence electrons. The van der Waals surface area contributed by atoms with Gasteiger partial charge in [0.1, 0.15) is 0 Å². The second kappa shape index (κ2) is 8.66. The third kappa shape index (κ3) is 4.74. The SMILES string of the molecule is O=C(Nc1ccc(C(=O)Nc2ccccc2C(=O)O)cc1)c1ccc(I)cc1. The molecule has 6 nitrogen and oxygen atoms in total. The van der Waals surface area contributed by atoms with Crippen molar-refractivity contribution in [2.45, 2.75) is 0 Å². The van der Waals surface area contributed by atoms with Gasteiger partial charge >= 0.3 is 5.97 Å². The van der Waals surface area contributed by atoms with Crippen LogP contribution < -0.4 is 10.6 Å². The maximum atomic E-state index is 12.4. The maximum Gasteiger partial charge on any atom is 0.337 e. The molecule has 0 aliphatic heterocycles. The van der Waals surface area contributed by atoms with Crippen molar-refractivity contribution in [3.05, 3.63) is 93.1 Å². The molecule has 0 spiro atoms. The van der Waals surface area contributed by atoms with Gasteiger partial charge in [-0.1, -0.05) is 12.1 Å². The van der Waals surface area contributed by atoms with E-state index in [1.807, 2.05) is 12.1 Å². The van der Waals surface area contributed by atoms with Crippen molar-refractivity contribution < 1.29 is 19.5 Å². The summed E-state index contributed by atoms with van der Waals surface area (Å²) in [5.74, 6) is -1.81. The average Bonchev–Trinajstić information content (AvgIpc) is 2.69. The van der Waals surface area contributed by atoms with Crippen LogP contribution in [0.1, 0.15) is 31.1 Å². The standard InChI is InChI=1S/C21H15IN2O4/c22-15-9-5-13(6-10-15)19(25)23-16-11-7-14(8-12-16)20(26)24-18-4-2-1-3-17(18)21(27)28/h1-12H,(H,23,25)(H,24,26)(H,27,28). The van der Waals surface area contributed by atoms with Gasteiger partial charge in [0, 0.05) is 20.4 Å². The Kier molecular flexibility index (Phi) is 6.05. The maximum absolute atomic E-state index is 12.4. The van der Waals surface area contributed by atoms with E-state index in [0.717, 1.165) is 3.57 Å². The van der Waals surface area contributed by atoms with Crippen LogP contribution in [0.2, 0.25) is 0 Å². The Morgan fingerprint density at radius 1 is 0.714 bits per heavy atom. The number of rotatable bonds is 5. The van der Waals surface area contributed by atoms with Gasteiger partial charge in [0.25, 0.3) is 11.8 Å². The number of hydrogen-bond acceptors (Lipinski definition) is 3. The summed E-state index contributed by atoms with van der Waals surface area (Å²) in [6.45, 7) is 0. The molecule has 0 radical (unpaired) electrons. The van der Waals surface area contributed by atoms with E-state index in [2.05, 4.69) is 33.2 Å². The summed E-state index contributed by atoms with van der Waals surface area (Å²) in [5, 5.41) is 14.5. The highest BCUT2D eigenvalue weighted by Gasteiger charge is 2.13. The molecule has 3 N–H and O–H groups in total. The molecule has 3 aromatic rings. The molecule has 0 aromatic heterocycles. The Bertz CT molecular complexity index is 1030. The van der Waals surface area contributed by atoms with Gasteiger partial charge in [0.2, 0.25) is 0 Å². The molecule has 3 rings (SSSR count). The molecule has 0 aliphatic rings. The van der Waals surface area contributed by atoms with Crippen molar-refractivity contribution in [3.8, 4) is 0 Å². The number of halogens is 1. The minimum atomic E-state index is -1.12. The summed E-state index contributed by atoms with van der Waals surface area (Å²) in [4.78, 5) is 35.9. The number of carboxylic acids is 1. The lowest BCUT2D eigenvalue weighted by atomic mass is 10.1. The van der Waals surface area contributed by atoms with E-state index in [1.54, 1.807) is 48.5 Å². The van der Waals surface area contributed by atoms with E-state index in [-0.39, 0.29) is 17.2 Å². The van der Waals surface area contributed by atoms with Crippen molar-refractivity contribution in [2.75, 3.05) is 10.6 Å². The van der Waals surface area contributed by atoms with Crippen molar-refractivity contribution in [1.82, 2.24) is 0 Å². The number of amides is 2. The summed E-state index contributed by atoms with van der Waals surface area (Å²) in [5.41, 5.74) is 1.65. The third-order valence-corrected chi connectivity index (χ3v) is 4.64. The quantitative estimate of drug-likeness (QED) is 0.463. The zero-order chi connectivity index (χ0) is 20.1. The Labute approximate surface area is 174 Å². The molecule has 0 fully saturated rings. The fraction of sp³-hybridized carbons (Fsp3) is 0. The molecule has 0 saturated carbocycles. The molecule has 0 bridgehead atoms. The normalized spacial score (nSPS) is 10.2. The van der Waals surface area contributed by atoms with Gasteiger partial charge in [0.15, 0.2) is 0 Å². The highest BCUT2D eigenvalue weighted by Crippen LogP contribution is 2.18. The number of aromatic carboxylic acids is 1. The first kappa shape index (κ1) is 19.6. The van der Waals surface area contributed by atoms with Crippen LogP contribution in [0.5, 0.6) is 0 Å². The summed E-state index contributed by atoms with van der Waals surface area (Å²) in [6.07, 6.45) is 0. The van der Waals surface area contributed by atoms with Crippen molar-refractivity contribution in [3.63, 3.8) is 0 Å². The van der Waals surface area contributed by atoms with Crippen LogP contribution in [0.25, 0.3) is 0 Å². The molecule has 2 amide bonds. The molecule has 0 aliphatic carbocycles. The zero-order valence-electron chi connectivity index (χ0n) is 14.5. The van der Waals surface area contributed by atoms with E-state index in [4.69, 9.17) is 0 Å². The van der Waals surface area contributed by atoms with Crippen LogP contribution in [-0.4, -0.2) is 22.9 Å². The zero-order valence-corrected chi connectivity index (χ0v) is 16.6. The average molecular weight is 486 g/mol. The van der Waals surface area contributed by atoms with E-state index in [0.29, 0.717) is 16.8 Å². The number of anilines is 2. The van der Waals surface area contributed by atoms with Gasteiger partial charge < -0.3 is 15.7 Å². The second-order valence-corrected chi connectivity index (χ2v) is 7.09. The van der Waals surface area contributed by atoms with Gasteiger partial charge in [0.05, 0.1) is 11.3 Å². The number of carbonyl (C=O) groups excluding carboxylic acids is 2. The van der Waals surface area contributed by atoms with Crippen LogP contribution in [0.3, 0.4) is 0 Å². The fourth-order valence-corrected chi connectivity index (χ4v) is 2.84. The van der Waals surface area contributed by atoms with Gasteiger partial charge in [-0.3, -0.25) is 9.59 Å². The molecule has 7 heteroatoms. The first-order valence-electron chi connectivity index (χ1n) is 8.25. The Morgan fingerprint density at radius 2 is 1.25 bits per heavy atom. The van der Waals surface area contributed by atoms with E-state index in [1.165, 1.54) is 12.1 Å². The molecule has 0 saturated heterocycles. The van der Waals surface area contributed by atoms with Crippen LogP contribution in [-0.2, 0) is 0 Å². The summed E-state index contributed by atoms with van der Waals surface area (Å²) >= 11 is 2.16. The number of carbonyl (C=O) groups is 3. The monoisotopic (exact) mass is 486 g/mol. The first-order valence-corrected chi connectivity index (χ1v) is 9.32. The molecule has 3 aromatic carbocycles. The van der Waals surface area contributed by atoms with Crippen LogP contribution in [0, 0.1) is 3.57 Å². The smallest absolute Gasteiger partial charge is 0.337 e. The molecule has 0 atom stereocenters. The second-order valence-electron chi connectivity index (χ2n) is 5.84. The van der Waals surface area contributed by atoms with Crippen LogP contribution in [0.4, 0.5) is 11.4 Å². The van der Waals surface area contributed by atoms with E-state index < -0.39 is 11.9 Å². The number of para-hydroxylation sites is 1. The van der Waals surface area contributed by atoms with Gasteiger partial charge in [-0.25, -0.2) is 4.79 Å². The van der Waals surface area contributed by atoms with E-state index >= 15 is 0 Å². The third-order valence-electron chi connectivity index (χ3n) is 3.92. The minimum absolute atomic E-state index is 0.0113. The highest BCUT2D eigenvalue weighted by molar-refractivity contribution is 14.1. The van der Waals surface area contributed by atoms with Crippen LogP contribution in [0.15, 0.2) is 72.8 Å². The highest BCUT2D eigenvalue weighted by atomic mass is 127. The predicted molar refractivity (Wildman–Crippen MR) is 115 cm³/mol. The number of benzene rings is 3. The summed E-state index contributed by atoms with van der Waals surface area (Å²) in [6, 6.07) is 19.7. The first-order chi connectivity index (χ1) is 13.4. The topological polar surface area (TPSA) is 95.5 Å². The number of hydrogen-bond donors (Lipinski definition) is 3. The Hall–Kier alpha value is -3.20.